The fourth-order valence-corrected chi connectivity index (χ4v) is 3.76. The van der Waals surface area contributed by atoms with Gasteiger partial charge in [-0.15, -0.1) is 10.2 Å². The highest BCUT2D eigenvalue weighted by atomic mass is 32.1. The summed E-state index contributed by atoms with van der Waals surface area (Å²) in [5.41, 5.74) is 2.25. The summed E-state index contributed by atoms with van der Waals surface area (Å²) in [5, 5.41) is 16.9. The molecule has 8 nitrogen and oxygen atoms in total. The smallest absolute Gasteiger partial charge is 0.259 e. The highest BCUT2D eigenvalue weighted by molar-refractivity contribution is 7.15. The number of amides is 1. The molecule has 1 N–H and O–H groups in total. The molecule has 0 aliphatic carbocycles. The monoisotopic (exact) mass is 373 g/mol. The molecule has 4 rings (SSSR count). The highest BCUT2D eigenvalue weighted by Crippen LogP contribution is 2.32. The Bertz CT molecular complexity index is 959. The summed E-state index contributed by atoms with van der Waals surface area (Å²) in [4.78, 5) is 17.3. The van der Waals surface area contributed by atoms with Crippen molar-refractivity contribution in [3.8, 4) is 0 Å². The fraction of sp³-hybridized carbons (Fsp3) is 0.471. The minimum atomic E-state index is -0.277. The molecule has 1 saturated heterocycles. The van der Waals surface area contributed by atoms with Crippen LogP contribution in [0.1, 0.15) is 65.5 Å². The zero-order valence-corrected chi connectivity index (χ0v) is 15.6. The maximum atomic E-state index is 12.9. The second-order valence-electron chi connectivity index (χ2n) is 6.60. The molecule has 0 spiro atoms. The van der Waals surface area contributed by atoms with E-state index in [1.165, 1.54) is 11.3 Å². The summed E-state index contributed by atoms with van der Waals surface area (Å²) in [6.45, 7) is 6.56. The molecule has 1 aliphatic heterocycles. The van der Waals surface area contributed by atoms with E-state index in [9.17, 15) is 4.79 Å². The summed E-state index contributed by atoms with van der Waals surface area (Å²) in [5.74, 6) is -0.121. The number of pyridine rings is 1. The fourth-order valence-electron chi connectivity index (χ4n) is 2.94. The van der Waals surface area contributed by atoms with Crippen LogP contribution in [0.25, 0.3) is 11.1 Å². The number of carbonyl (C=O) groups excluding carboxylic acids is 1. The van der Waals surface area contributed by atoms with E-state index in [4.69, 9.17) is 9.26 Å². The molecule has 136 valence electrons. The molecule has 3 aromatic rings. The number of aryl methyl sites for hydroxylation is 1. The molecule has 1 fully saturated rings. The summed E-state index contributed by atoms with van der Waals surface area (Å²) < 4.78 is 10.9. The SMILES string of the molecule is Cc1noc2nc(C(C)C)cc(C(=O)Nc3nnc([C@H]4CCCO4)s3)c12. The first-order chi connectivity index (χ1) is 12.5. The van der Waals surface area contributed by atoms with Crippen LogP contribution in [0, 0.1) is 6.92 Å². The molecular weight excluding hydrogens is 354 g/mol. The van der Waals surface area contributed by atoms with Gasteiger partial charge in [-0.25, -0.2) is 4.98 Å². The molecule has 1 atom stereocenters. The van der Waals surface area contributed by atoms with Crippen molar-refractivity contribution in [2.75, 3.05) is 11.9 Å². The minimum absolute atomic E-state index is 0.0151. The van der Waals surface area contributed by atoms with Crippen LogP contribution < -0.4 is 5.32 Å². The normalized spacial score (nSPS) is 17.3. The van der Waals surface area contributed by atoms with Crippen molar-refractivity contribution >= 4 is 33.5 Å². The van der Waals surface area contributed by atoms with Crippen LogP contribution in [-0.4, -0.2) is 32.9 Å². The van der Waals surface area contributed by atoms with E-state index in [0.717, 1.165) is 30.2 Å². The van der Waals surface area contributed by atoms with E-state index in [1.54, 1.807) is 13.0 Å². The molecule has 26 heavy (non-hydrogen) atoms. The predicted molar refractivity (Wildman–Crippen MR) is 96.4 cm³/mol. The van der Waals surface area contributed by atoms with Gasteiger partial charge in [0.15, 0.2) is 0 Å². The molecule has 9 heteroatoms. The Kier molecular flexibility index (Phi) is 4.41. The lowest BCUT2D eigenvalue weighted by molar-refractivity contribution is 0.102. The quantitative estimate of drug-likeness (QED) is 0.745. The molecular formula is C17H19N5O3S. The van der Waals surface area contributed by atoms with Crippen LogP contribution in [0.4, 0.5) is 5.13 Å². The molecule has 1 aliphatic rings. The predicted octanol–water partition coefficient (Wildman–Crippen LogP) is 3.61. The van der Waals surface area contributed by atoms with Crippen molar-refractivity contribution in [1.82, 2.24) is 20.3 Å². The van der Waals surface area contributed by atoms with Crippen LogP contribution in [0.15, 0.2) is 10.6 Å². The molecule has 3 aromatic heterocycles. The lowest BCUT2D eigenvalue weighted by atomic mass is 10.0. The van der Waals surface area contributed by atoms with Gasteiger partial charge in [-0.1, -0.05) is 30.3 Å². The largest absolute Gasteiger partial charge is 0.371 e. The number of rotatable bonds is 4. The lowest BCUT2D eigenvalue weighted by Crippen LogP contribution is -2.13. The van der Waals surface area contributed by atoms with Gasteiger partial charge < -0.3 is 9.26 Å². The summed E-state index contributed by atoms with van der Waals surface area (Å²) >= 11 is 1.34. The van der Waals surface area contributed by atoms with Gasteiger partial charge in [0.2, 0.25) is 5.13 Å². The van der Waals surface area contributed by atoms with Crippen LogP contribution in [-0.2, 0) is 4.74 Å². The van der Waals surface area contributed by atoms with Crippen molar-refractivity contribution in [2.24, 2.45) is 0 Å². The summed E-state index contributed by atoms with van der Waals surface area (Å²) in [6, 6.07) is 1.79. The molecule has 4 heterocycles. The molecule has 0 aromatic carbocycles. The molecule has 0 bridgehead atoms. The zero-order valence-electron chi connectivity index (χ0n) is 14.8. The van der Waals surface area contributed by atoms with E-state index >= 15 is 0 Å². The van der Waals surface area contributed by atoms with Crippen molar-refractivity contribution in [3.63, 3.8) is 0 Å². The summed E-state index contributed by atoms with van der Waals surface area (Å²) in [6.07, 6.45) is 1.94. The Balaban J connectivity index is 1.64. The molecule has 0 saturated carbocycles. The third kappa shape index (κ3) is 3.08. The van der Waals surface area contributed by atoms with Gasteiger partial charge >= 0.3 is 0 Å². The van der Waals surface area contributed by atoms with Gasteiger partial charge in [0.1, 0.15) is 11.1 Å². The van der Waals surface area contributed by atoms with E-state index in [-0.39, 0.29) is 17.9 Å². The van der Waals surface area contributed by atoms with Gasteiger partial charge in [-0.2, -0.15) is 0 Å². The van der Waals surface area contributed by atoms with Crippen LogP contribution in [0.5, 0.6) is 0 Å². The van der Waals surface area contributed by atoms with Gasteiger partial charge in [-0.3, -0.25) is 10.1 Å². The van der Waals surface area contributed by atoms with Crippen molar-refractivity contribution in [2.45, 2.75) is 45.6 Å². The average Bonchev–Trinajstić information content (AvgIpc) is 3.35. The van der Waals surface area contributed by atoms with Crippen LogP contribution in [0.2, 0.25) is 0 Å². The number of ether oxygens (including phenoxy) is 1. The number of nitrogens with zero attached hydrogens (tertiary/aromatic N) is 4. The highest BCUT2D eigenvalue weighted by Gasteiger charge is 2.24. The van der Waals surface area contributed by atoms with Gasteiger partial charge in [0, 0.05) is 12.3 Å². The minimum Gasteiger partial charge on any atom is -0.371 e. The molecule has 0 radical (unpaired) electrons. The number of fused-ring (bicyclic) bond motifs is 1. The lowest BCUT2D eigenvalue weighted by Gasteiger charge is -2.08. The number of nitrogens with one attached hydrogen (secondary N) is 1. The first-order valence-corrected chi connectivity index (χ1v) is 9.38. The number of carbonyl (C=O) groups is 1. The Morgan fingerprint density at radius 3 is 2.96 bits per heavy atom. The maximum absolute atomic E-state index is 12.9. The topological polar surface area (TPSA) is 103 Å². The number of hydrogen-bond donors (Lipinski definition) is 1. The number of aromatic nitrogens is 4. The first kappa shape index (κ1) is 17.0. The Morgan fingerprint density at radius 1 is 1.38 bits per heavy atom. The van der Waals surface area contributed by atoms with Gasteiger partial charge in [0.05, 0.1) is 16.6 Å². The maximum Gasteiger partial charge on any atom is 0.259 e. The molecule has 0 unspecified atom stereocenters. The Morgan fingerprint density at radius 2 is 2.23 bits per heavy atom. The van der Waals surface area contributed by atoms with E-state index in [0.29, 0.717) is 27.5 Å². The van der Waals surface area contributed by atoms with Crippen molar-refractivity contribution in [3.05, 3.63) is 28.0 Å². The third-order valence-corrected chi connectivity index (χ3v) is 5.27. The summed E-state index contributed by atoms with van der Waals surface area (Å²) in [7, 11) is 0. The van der Waals surface area contributed by atoms with E-state index < -0.39 is 0 Å². The van der Waals surface area contributed by atoms with Crippen LogP contribution >= 0.6 is 11.3 Å². The number of hydrogen-bond acceptors (Lipinski definition) is 8. The van der Waals surface area contributed by atoms with Gasteiger partial charge in [0.25, 0.3) is 11.6 Å². The first-order valence-electron chi connectivity index (χ1n) is 8.56. The van der Waals surface area contributed by atoms with Gasteiger partial charge in [-0.05, 0) is 31.7 Å². The molecule has 1 amide bonds. The third-order valence-electron chi connectivity index (χ3n) is 4.34. The Labute approximate surface area is 154 Å². The van der Waals surface area contributed by atoms with E-state index in [1.807, 2.05) is 13.8 Å². The average molecular weight is 373 g/mol. The number of anilines is 1. The van der Waals surface area contributed by atoms with Crippen molar-refractivity contribution in [1.29, 1.82) is 0 Å². The standard InChI is InChI=1S/C17H19N5O3S/c1-8(2)11-7-10(13-9(3)22-25-15(13)18-11)14(23)19-17-21-20-16(26-17)12-5-4-6-24-12/h7-8,12H,4-6H2,1-3H3,(H,19,21,23)/t12-/m1/s1. The van der Waals surface area contributed by atoms with E-state index in [2.05, 4.69) is 25.7 Å². The Hall–Kier alpha value is -2.39. The second kappa shape index (κ2) is 6.73. The van der Waals surface area contributed by atoms with Crippen molar-refractivity contribution < 1.29 is 14.1 Å². The second-order valence-corrected chi connectivity index (χ2v) is 7.61. The zero-order chi connectivity index (χ0) is 18.3. The van der Waals surface area contributed by atoms with Crippen LogP contribution in [0.3, 0.4) is 0 Å².